The molecule has 2 nitrogen and oxygen atoms in total. The van der Waals surface area contributed by atoms with Crippen LogP contribution in [0.15, 0.2) is 28.7 Å². The fraction of sp³-hybridized carbons (Fsp3) is 0. The van der Waals surface area contributed by atoms with Crippen molar-refractivity contribution < 1.29 is 9.21 Å². The number of carbonyl (C=O) groups is 1. The van der Waals surface area contributed by atoms with E-state index in [1.807, 2.05) is 0 Å². The molecule has 0 aliphatic rings. The van der Waals surface area contributed by atoms with Gasteiger partial charge in [-0.25, -0.2) is 0 Å². The number of benzene rings is 1. The largest absolute Gasteiger partial charge is 0.452 e. The van der Waals surface area contributed by atoms with Crippen LogP contribution in [-0.4, -0.2) is 5.24 Å². The number of furan rings is 1. The van der Waals surface area contributed by atoms with Gasteiger partial charge in [-0.05, 0) is 35.9 Å². The van der Waals surface area contributed by atoms with Gasteiger partial charge in [0.1, 0.15) is 5.76 Å². The van der Waals surface area contributed by atoms with Crippen LogP contribution in [0.4, 0.5) is 0 Å². The van der Waals surface area contributed by atoms with Gasteiger partial charge in [0.15, 0.2) is 5.76 Å². The van der Waals surface area contributed by atoms with Gasteiger partial charge in [0.25, 0.3) is 5.24 Å². The first kappa shape index (κ1) is 12.8. The van der Waals surface area contributed by atoms with E-state index in [4.69, 9.17) is 50.8 Å². The Morgan fingerprint density at radius 2 is 1.65 bits per heavy atom. The average Bonchev–Trinajstić information content (AvgIpc) is 2.72. The first-order valence-corrected chi connectivity index (χ1v) is 5.95. The molecule has 1 heterocycles. The van der Waals surface area contributed by atoms with Crippen LogP contribution in [-0.2, 0) is 0 Å². The molecule has 0 aliphatic carbocycles. The summed E-state index contributed by atoms with van der Waals surface area (Å²) in [5.74, 6) is 0.446. The maximum absolute atomic E-state index is 10.9. The summed E-state index contributed by atoms with van der Waals surface area (Å²) in [4.78, 5) is 10.9. The van der Waals surface area contributed by atoms with E-state index in [1.165, 1.54) is 12.1 Å². The Morgan fingerprint density at radius 1 is 1.00 bits per heavy atom. The van der Waals surface area contributed by atoms with Crippen molar-refractivity contribution in [3.05, 3.63) is 45.1 Å². The molecule has 2 rings (SSSR count). The minimum Gasteiger partial charge on any atom is -0.452 e. The molecule has 6 heteroatoms. The van der Waals surface area contributed by atoms with Crippen molar-refractivity contribution >= 4 is 51.6 Å². The van der Waals surface area contributed by atoms with E-state index in [0.29, 0.717) is 26.4 Å². The molecular weight excluding hydrogens is 306 g/mol. The molecule has 0 radical (unpaired) electrons. The third-order valence-corrected chi connectivity index (χ3v) is 3.30. The van der Waals surface area contributed by atoms with Crippen LogP contribution >= 0.6 is 46.4 Å². The van der Waals surface area contributed by atoms with Crippen LogP contribution in [0.1, 0.15) is 10.6 Å². The average molecular weight is 310 g/mol. The maximum atomic E-state index is 10.9. The summed E-state index contributed by atoms with van der Waals surface area (Å²) >= 11 is 23.0. The molecule has 0 bridgehead atoms. The van der Waals surface area contributed by atoms with E-state index in [9.17, 15) is 4.79 Å². The molecule has 0 saturated carbocycles. The summed E-state index contributed by atoms with van der Waals surface area (Å²) in [6, 6.07) is 6.11. The molecule has 0 saturated heterocycles. The number of hydrogen-bond acceptors (Lipinski definition) is 2. The third kappa shape index (κ3) is 2.61. The normalized spacial score (nSPS) is 10.6. The van der Waals surface area contributed by atoms with Crippen LogP contribution in [0.3, 0.4) is 0 Å². The van der Waals surface area contributed by atoms with E-state index in [0.717, 1.165) is 0 Å². The highest BCUT2D eigenvalue weighted by atomic mass is 35.5. The van der Waals surface area contributed by atoms with Crippen LogP contribution in [0.25, 0.3) is 11.3 Å². The van der Waals surface area contributed by atoms with E-state index in [2.05, 4.69) is 0 Å². The Labute approximate surface area is 117 Å². The molecule has 88 valence electrons. The van der Waals surface area contributed by atoms with Crippen molar-refractivity contribution in [2.75, 3.05) is 0 Å². The van der Waals surface area contributed by atoms with Crippen molar-refractivity contribution in [1.29, 1.82) is 0 Å². The number of carbonyl (C=O) groups excluding carboxylic acids is 1. The molecule has 17 heavy (non-hydrogen) atoms. The predicted molar refractivity (Wildman–Crippen MR) is 69.4 cm³/mol. The molecule has 0 unspecified atom stereocenters. The van der Waals surface area contributed by atoms with Crippen LogP contribution in [0.5, 0.6) is 0 Å². The van der Waals surface area contributed by atoms with Crippen LogP contribution in [0.2, 0.25) is 15.1 Å². The highest BCUT2D eigenvalue weighted by molar-refractivity contribution is 6.67. The van der Waals surface area contributed by atoms with E-state index < -0.39 is 5.24 Å². The molecule has 0 atom stereocenters. The summed E-state index contributed by atoms with van der Waals surface area (Å²) in [5, 5.41) is 0.400. The molecule has 0 fully saturated rings. The van der Waals surface area contributed by atoms with E-state index in [1.54, 1.807) is 12.1 Å². The van der Waals surface area contributed by atoms with Gasteiger partial charge in [-0.2, -0.15) is 0 Å². The molecule has 1 aromatic carbocycles. The zero-order valence-corrected chi connectivity index (χ0v) is 11.2. The molecule has 0 amide bonds. The monoisotopic (exact) mass is 308 g/mol. The predicted octanol–water partition coefficient (Wildman–Crippen LogP) is 5.29. The minimum atomic E-state index is -0.674. The Kier molecular flexibility index (Phi) is 3.69. The van der Waals surface area contributed by atoms with Gasteiger partial charge in [-0.1, -0.05) is 34.8 Å². The van der Waals surface area contributed by atoms with Gasteiger partial charge in [-0.3, -0.25) is 4.79 Å². The Morgan fingerprint density at radius 3 is 2.24 bits per heavy atom. The minimum absolute atomic E-state index is 0.0452. The topological polar surface area (TPSA) is 30.2 Å². The van der Waals surface area contributed by atoms with Gasteiger partial charge >= 0.3 is 0 Å². The second-order valence-corrected chi connectivity index (χ2v) is 4.75. The van der Waals surface area contributed by atoms with Gasteiger partial charge in [-0.15, -0.1) is 0 Å². The Hall–Kier alpha value is -0.670. The van der Waals surface area contributed by atoms with Crippen molar-refractivity contribution in [2.24, 2.45) is 0 Å². The van der Waals surface area contributed by atoms with Gasteiger partial charge in [0.2, 0.25) is 0 Å². The molecule has 0 spiro atoms. The second kappa shape index (κ2) is 4.91. The molecular formula is C11H4Cl4O2. The quantitative estimate of drug-likeness (QED) is 0.557. The first-order valence-electron chi connectivity index (χ1n) is 4.43. The van der Waals surface area contributed by atoms with Gasteiger partial charge in [0, 0.05) is 5.56 Å². The summed E-state index contributed by atoms with van der Waals surface area (Å²) in [5.41, 5.74) is 0.547. The highest BCUT2D eigenvalue weighted by Gasteiger charge is 2.14. The maximum Gasteiger partial charge on any atom is 0.287 e. The lowest BCUT2D eigenvalue weighted by Crippen LogP contribution is -1.82. The summed E-state index contributed by atoms with van der Waals surface area (Å²) in [7, 11) is 0. The molecule has 1 aromatic heterocycles. The van der Waals surface area contributed by atoms with Crippen LogP contribution < -0.4 is 0 Å². The Bertz CT molecular complexity index is 589. The number of hydrogen-bond donors (Lipinski definition) is 0. The van der Waals surface area contributed by atoms with Crippen LogP contribution in [0, 0.1) is 0 Å². The Balaban J connectivity index is 2.52. The van der Waals surface area contributed by atoms with Crippen molar-refractivity contribution in [1.82, 2.24) is 0 Å². The third-order valence-electron chi connectivity index (χ3n) is 2.08. The highest BCUT2D eigenvalue weighted by Crippen LogP contribution is 2.36. The second-order valence-electron chi connectivity index (χ2n) is 3.18. The fourth-order valence-corrected chi connectivity index (χ4v) is 2.04. The summed E-state index contributed by atoms with van der Waals surface area (Å²) in [6.07, 6.45) is 0. The van der Waals surface area contributed by atoms with Crippen molar-refractivity contribution in [3.8, 4) is 11.3 Å². The van der Waals surface area contributed by atoms with Gasteiger partial charge in [0.05, 0.1) is 15.1 Å². The number of halogens is 4. The first-order chi connectivity index (χ1) is 7.99. The number of rotatable bonds is 2. The lowest BCUT2D eigenvalue weighted by Gasteiger charge is -2.03. The van der Waals surface area contributed by atoms with Gasteiger partial charge < -0.3 is 4.42 Å². The lowest BCUT2D eigenvalue weighted by molar-refractivity contribution is 0.105. The van der Waals surface area contributed by atoms with Crippen molar-refractivity contribution in [3.63, 3.8) is 0 Å². The summed E-state index contributed by atoms with van der Waals surface area (Å²) < 4.78 is 5.24. The fourth-order valence-electron chi connectivity index (χ4n) is 1.30. The molecule has 0 aliphatic heterocycles. The van der Waals surface area contributed by atoms with E-state index >= 15 is 0 Å². The molecule has 2 aromatic rings. The van der Waals surface area contributed by atoms with Crippen molar-refractivity contribution in [2.45, 2.75) is 0 Å². The zero-order valence-electron chi connectivity index (χ0n) is 8.14. The summed E-state index contributed by atoms with van der Waals surface area (Å²) in [6.45, 7) is 0. The van der Waals surface area contributed by atoms with E-state index in [-0.39, 0.29) is 5.76 Å². The SMILES string of the molecule is O=C(Cl)c1ccc(-c2cc(Cl)c(Cl)cc2Cl)o1. The smallest absolute Gasteiger partial charge is 0.287 e. The lowest BCUT2D eigenvalue weighted by atomic mass is 10.2. The zero-order chi connectivity index (χ0) is 12.6. The standard InChI is InChI=1S/C11H4Cl4O2/c12-6-4-8(14)7(13)3-5(6)9-1-2-10(17-9)11(15)16/h1-4H. The molecule has 0 N–H and O–H groups in total.